The van der Waals surface area contributed by atoms with Crippen LogP contribution in [0.5, 0.6) is 0 Å². The molecular formula is C13H20N2O3. The van der Waals surface area contributed by atoms with Crippen molar-refractivity contribution in [3.63, 3.8) is 0 Å². The molecule has 0 bridgehead atoms. The largest absolute Gasteiger partial charge is 0.480 e. The predicted molar refractivity (Wildman–Crippen MR) is 65.5 cm³/mol. The first-order valence-electron chi connectivity index (χ1n) is 6.47. The first kappa shape index (κ1) is 14.5. The third kappa shape index (κ3) is 4.36. The highest BCUT2D eigenvalue weighted by molar-refractivity contribution is 5.85. The molecule has 0 heterocycles. The maximum absolute atomic E-state index is 11.9. The summed E-state index contributed by atoms with van der Waals surface area (Å²) >= 11 is 0. The molecule has 5 heteroatoms. The molecule has 0 aromatic carbocycles. The summed E-state index contributed by atoms with van der Waals surface area (Å²) < 4.78 is 0. The van der Waals surface area contributed by atoms with E-state index in [0.29, 0.717) is 0 Å². The molecule has 1 aliphatic rings. The van der Waals surface area contributed by atoms with Gasteiger partial charge in [0.15, 0.2) is 0 Å². The topological polar surface area (TPSA) is 90.2 Å². The summed E-state index contributed by atoms with van der Waals surface area (Å²) in [5.74, 6) is -1.68. The Hall–Kier alpha value is -1.57. The van der Waals surface area contributed by atoms with Gasteiger partial charge in [0.1, 0.15) is 6.04 Å². The third-order valence-electron chi connectivity index (χ3n) is 3.40. The molecule has 1 fully saturated rings. The van der Waals surface area contributed by atoms with Crippen LogP contribution in [0.2, 0.25) is 0 Å². The van der Waals surface area contributed by atoms with E-state index in [0.717, 1.165) is 32.1 Å². The Morgan fingerprint density at radius 2 is 2.00 bits per heavy atom. The molecule has 1 aliphatic carbocycles. The van der Waals surface area contributed by atoms with Gasteiger partial charge in [-0.05, 0) is 26.2 Å². The lowest BCUT2D eigenvalue weighted by Gasteiger charge is -2.23. The zero-order valence-electron chi connectivity index (χ0n) is 10.7. The molecule has 1 saturated carbocycles. The number of amides is 1. The fourth-order valence-electron chi connectivity index (χ4n) is 2.28. The molecule has 0 aromatic heterocycles. The van der Waals surface area contributed by atoms with Crippen LogP contribution >= 0.6 is 0 Å². The molecule has 0 radical (unpaired) electrons. The van der Waals surface area contributed by atoms with Gasteiger partial charge in [-0.2, -0.15) is 5.26 Å². The summed E-state index contributed by atoms with van der Waals surface area (Å²) in [5.41, 5.74) is 0. The van der Waals surface area contributed by atoms with Crippen molar-refractivity contribution in [2.75, 3.05) is 0 Å². The van der Waals surface area contributed by atoms with Crippen LogP contribution in [-0.4, -0.2) is 23.0 Å². The lowest BCUT2D eigenvalue weighted by molar-refractivity contribution is -0.143. The smallest absolute Gasteiger partial charge is 0.326 e. The van der Waals surface area contributed by atoms with E-state index in [1.54, 1.807) is 6.92 Å². The van der Waals surface area contributed by atoms with Crippen LogP contribution in [0.4, 0.5) is 0 Å². The molecule has 0 aromatic rings. The highest BCUT2D eigenvalue weighted by atomic mass is 16.4. The van der Waals surface area contributed by atoms with E-state index >= 15 is 0 Å². The van der Waals surface area contributed by atoms with Gasteiger partial charge in [-0.3, -0.25) is 4.79 Å². The van der Waals surface area contributed by atoms with Gasteiger partial charge in [-0.15, -0.1) is 0 Å². The van der Waals surface area contributed by atoms with E-state index in [2.05, 4.69) is 5.32 Å². The van der Waals surface area contributed by atoms with Gasteiger partial charge >= 0.3 is 5.97 Å². The lowest BCUT2D eigenvalue weighted by Crippen LogP contribution is -2.44. The Kier molecular flexibility index (Phi) is 5.63. The van der Waals surface area contributed by atoms with Gasteiger partial charge in [-0.1, -0.05) is 19.3 Å². The standard InChI is InChI=1S/C13H20N2O3/c1-9(8-14)7-11(13(17)18)15-12(16)10-5-3-2-4-6-10/h9-11H,2-7H2,1H3,(H,15,16)(H,17,18)/t9-,11+/m1/s1. The Labute approximate surface area is 107 Å². The zero-order valence-corrected chi connectivity index (χ0v) is 10.7. The number of carboxylic acid groups (broad SMARTS) is 1. The van der Waals surface area contributed by atoms with Crippen molar-refractivity contribution in [3.05, 3.63) is 0 Å². The first-order valence-corrected chi connectivity index (χ1v) is 6.47. The minimum Gasteiger partial charge on any atom is -0.480 e. The van der Waals surface area contributed by atoms with Crippen molar-refractivity contribution in [1.29, 1.82) is 5.26 Å². The van der Waals surface area contributed by atoms with E-state index in [9.17, 15) is 9.59 Å². The fourth-order valence-corrected chi connectivity index (χ4v) is 2.28. The number of nitriles is 1. The highest BCUT2D eigenvalue weighted by Gasteiger charge is 2.27. The highest BCUT2D eigenvalue weighted by Crippen LogP contribution is 2.23. The predicted octanol–water partition coefficient (Wildman–Crippen LogP) is 1.69. The van der Waals surface area contributed by atoms with Crippen LogP contribution in [0.25, 0.3) is 0 Å². The minimum atomic E-state index is -1.07. The van der Waals surface area contributed by atoms with E-state index < -0.39 is 12.0 Å². The summed E-state index contributed by atoms with van der Waals surface area (Å²) in [7, 11) is 0. The molecule has 1 rings (SSSR count). The summed E-state index contributed by atoms with van der Waals surface area (Å²) in [6.45, 7) is 1.66. The van der Waals surface area contributed by atoms with Crippen molar-refractivity contribution in [1.82, 2.24) is 5.32 Å². The van der Waals surface area contributed by atoms with E-state index in [4.69, 9.17) is 10.4 Å². The lowest BCUT2D eigenvalue weighted by atomic mass is 9.88. The number of nitrogens with zero attached hydrogens (tertiary/aromatic N) is 1. The van der Waals surface area contributed by atoms with Crippen LogP contribution in [0.1, 0.15) is 45.4 Å². The zero-order chi connectivity index (χ0) is 13.5. The second-order valence-corrected chi connectivity index (χ2v) is 5.00. The summed E-state index contributed by atoms with van der Waals surface area (Å²) in [5, 5.41) is 20.3. The second kappa shape index (κ2) is 7.00. The van der Waals surface area contributed by atoms with Gasteiger partial charge in [0.25, 0.3) is 0 Å². The maximum atomic E-state index is 11.9. The maximum Gasteiger partial charge on any atom is 0.326 e. The molecule has 2 atom stereocenters. The van der Waals surface area contributed by atoms with Crippen LogP contribution in [0, 0.1) is 23.2 Å². The SMILES string of the molecule is C[C@@H](C#N)C[C@H](NC(=O)C1CCCCC1)C(=O)O. The number of hydrogen-bond acceptors (Lipinski definition) is 3. The van der Waals surface area contributed by atoms with E-state index in [-0.39, 0.29) is 24.2 Å². The molecule has 2 N–H and O–H groups in total. The van der Waals surface area contributed by atoms with Crippen molar-refractivity contribution < 1.29 is 14.7 Å². The minimum absolute atomic E-state index is 0.0574. The number of rotatable bonds is 5. The number of hydrogen-bond donors (Lipinski definition) is 2. The number of carbonyl (C=O) groups is 2. The second-order valence-electron chi connectivity index (χ2n) is 5.00. The Morgan fingerprint density at radius 1 is 1.39 bits per heavy atom. The Morgan fingerprint density at radius 3 is 2.50 bits per heavy atom. The van der Waals surface area contributed by atoms with Crippen molar-refractivity contribution >= 4 is 11.9 Å². The number of carboxylic acids is 1. The van der Waals surface area contributed by atoms with Crippen LogP contribution < -0.4 is 5.32 Å². The average molecular weight is 252 g/mol. The van der Waals surface area contributed by atoms with E-state index in [1.807, 2.05) is 6.07 Å². The van der Waals surface area contributed by atoms with E-state index in [1.165, 1.54) is 0 Å². The van der Waals surface area contributed by atoms with Crippen molar-refractivity contribution in [2.45, 2.75) is 51.5 Å². The molecule has 1 amide bonds. The summed E-state index contributed by atoms with van der Waals surface area (Å²) in [4.78, 5) is 23.0. The van der Waals surface area contributed by atoms with Crippen molar-refractivity contribution in [3.8, 4) is 6.07 Å². The monoisotopic (exact) mass is 252 g/mol. The number of aliphatic carboxylic acids is 1. The quantitative estimate of drug-likeness (QED) is 0.779. The van der Waals surface area contributed by atoms with Crippen molar-refractivity contribution in [2.24, 2.45) is 11.8 Å². The number of carbonyl (C=O) groups excluding carboxylic acids is 1. The third-order valence-corrected chi connectivity index (χ3v) is 3.40. The molecule has 0 saturated heterocycles. The summed E-state index contributed by atoms with van der Waals surface area (Å²) in [6.07, 6.45) is 5.05. The van der Waals surface area contributed by atoms with Gasteiger partial charge in [0, 0.05) is 11.8 Å². The molecular weight excluding hydrogens is 232 g/mol. The molecule has 18 heavy (non-hydrogen) atoms. The average Bonchev–Trinajstić information content (AvgIpc) is 2.38. The molecule has 0 spiro atoms. The first-order chi connectivity index (χ1) is 8.54. The number of nitrogens with one attached hydrogen (secondary N) is 1. The fraction of sp³-hybridized carbons (Fsp3) is 0.769. The summed E-state index contributed by atoms with van der Waals surface area (Å²) in [6, 6.07) is 1.04. The van der Waals surface area contributed by atoms with Crippen LogP contribution in [0.3, 0.4) is 0 Å². The van der Waals surface area contributed by atoms with Gasteiger partial charge in [0.05, 0.1) is 6.07 Å². The van der Waals surface area contributed by atoms with Gasteiger partial charge < -0.3 is 10.4 Å². The van der Waals surface area contributed by atoms with Crippen LogP contribution in [0.15, 0.2) is 0 Å². The van der Waals surface area contributed by atoms with Crippen LogP contribution in [-0.2, 0) is 9.59 Å². The normalized spacial score (nSPS) is 19.6. The van der Waals surface area contributed by atoms with Gasteiger partial charge in [-0.25, -0.2) is 4.79 Å². The van der Waals surface area contributed by atoms with Gasteiger partial charge in [0.2, 0.25) is 5.91 Å². The molecule has 5 nitrogen and oxygen atoms in total. The molecule has 100 valence electrons. The Bertz CT molecular complexity index is 343. The Balaban J connectivity index is 2.52. The molecule has 0 aliphatic heterocycles. The molecule has 0 unspecified atom stereocenters.